The van der Waals surface area contributed by atoms with E-state index in [2.05, 4.69) is 5.32 Å². The van der Waals surface area contributed by atoms with Gasteiger partial charge in [-0.3, -0.25) is 9.59 Å². The van der Waals surface area contributed by atoms with E-state index in [1.807, 2.05) is 31.2 Å². The van der Waals surface area contributed by atoms with E-state index < -0.39 is 0 Å². The highest BCUT2D eigenvalue weighted by Crippen LogP contribution is 2.16. The summed E-state index contributed by atoms with van der Waals surface area (Å²) in [5.74, 6) is 0.442. The van der Waals surface area contributed by atoms with Crippen LogP contribution in [0.5, 0.6) is 5.75 Å². The Balaban J connectivity index is 1.90. The third kappa shape index (κ3) is 3.71. The summed E-state index contributed by atoms with van der Waals surface area (Å²) in [6.45, 7) is 3.24. The van der Waals surface area contributed by atoms with Crippen LogP contribution in [-0.2, 0) is 9.59 Å². The van der Waals surface area contributed by atoms with Crippen molar-refractivity contribution in [2.45, 2.75) is 13.3 Å². The molecule has 1 aromatic rings. The quantitative estimate of drug-likeness (QED) is 0.873. The maximum Gasteiger partial charge on any atom is 0.260 e. The largest absolute Gasteiger partial charge is 0.484 e. The maximum atomic E-state index is 12.0. The van der Waals surface area contributed by atoms with Gasteiger partial charge in [0.15, 0.2) is 6.61 Å². The first-order valence-electron chi connectivity index (χ1n) is 6.40. The van der Waals surface area contributed by atoms with Gasteiger partial charge in [-0.1, -0.05) is 18.2 Å². The lowest BCUT2D eigenvalue weighted by Crippen LogP contribution is -2.39. The monoisotopic (exact) mass is 262 g/mol. The minimum absolute atomic E-state index is 0.0296. The second-order valence-corrected chi connectivity index (χ2v) is 4.57. The molecule has 5 nitrogen and oxygen atoms in total. The number of hydrogen-bond acceptors (Lipinski definition) is 3. The molecule has 2 rings (SSSR count). The molecule has 1 aliphatic rings. The number of hydrogen-bond donors (Lipinski definition) is 1. The van der Waals surface area contributed by atoms with Crippen LogP contribution in [0, 0.1) is 6.92 Å². The van der Waals surface area contributed by atoms with Crippen LogP contribution in [0.25, 0.3) is 0 Å². The molecule has 0 spiro atoms. The number of nitrogens with one attached hydrogen (secondary N) is 1. The SMILES string of the molecule is Cc1ccccc1OCC(=O)N1CCCNC(=O)C1. The van der Waals surface area contributed by atoms with Crippen LogP contribution in [0.2, 0.25) is 0 Å². The molecule has 5 heteroatoms. The zero-order chi connectivity index (χ0) is 13.7. The highest BCUT2D eigenvalue weighted by molar-refractivity contribution is 5.85. The molecule has 1 aromatic carbocycles. The van der Waals surface area contributed by atoms with Crippen molar-refractivity contribution in [3.8, 4) is 5.75 Å². The van der Waals surface area contributed by atoms with Crippen LogP contribution in [0.15, 0.2) is 24.3 Å². The van der Waals surface area contributed by atoms with Crippen LogP contribution in [-0.4, -0.2) is 43.0 Å². The van der Waals surface area contributed by atoms with E-state index in [1.54, 1.807) is 4.90 Å². The van der Waals surface area contributed by atoms with E-state index in [1.165, 1.54) is 0 Å². The average molecular weight is 262 g/mol. The number of benzene rings is 1. The highest BCUT2D eigenvalue weighted by Gasteiger charge is 2.20. The van der Waals surface area contributed by atoms with Crippen molar-refractivity contribution in [2.24, 2.45) is 0 Å². The lowest BCUT2D eigenvalue weighted by molar-refractivity contribution is -0.136. The molecule has 19 heavy (non-hydrogen) atoms. The van der Waals surface area contributed by atoms with Gasteiger partial charge < -0.3 is 15.0 Å². The van der Waals surface area contributed by atoms with Crippen molar-refractivity contribution < 1.29 is 14.3 Å². The number of ether oxygens (including phenoxy) is 1. The second-order valence-electron chi connectivity index (χ2n) is 4.57. The fraction of sp³-hybridized carbons (Fsp3) is 0.429. The normalized spacial score (nSPS) is 15.6. The molecule has 1 aliphatic heterocycles. The van der Waals surface area contributed by atoms with Crippen molar-refractivity contribution in [3.05, 3.63) is 29.8 Å². The Labute approximate surface area is 112 Å². The predicted molar refractivity (Wildman–Crippen MR) is 70.9 cm³/mol. The number of carbonyl (C=O) groups excluding carboxylic acids is 2. The van der Waals surface area contributed by atoms with Gasteiger partial charge in [0.2, 0.25) is 5.91 Å². The molecule has 0 atom stereocenters. The number of para-hydroxylation sites is 1. The van der Waals surface area contributed by atoms with E-state index in [9.17, 15) is 9.59 Å². The Morgan fingerprint density at radius 2 is 2.21 bits per heavy atom. The Morgan fingerprint density at radius 3 is 3.00 bits per heavy atom. The number of aryl methyl sites for hydroxylation is 1. The molecule has 0 unspecified atom stereocenters. The second kappa shape index (κ2) is 6.22. The first-order valence-corrected chi connectivity index (χ1v) is 6.40. The van der Waals surface area contributed by atoms with Crippen molar-refractivity contribution >= 4 is 11.8 Å². The van der Waals surface area contributed by atoms with E-state index in [0.29, 0.717) is 18.8 Å². The highest BCUT2D eigenvalue weighted by atomic mass is 16.5. The summed E-state index contributed by atoms with van der Waals surface area (Å²) < 4.78 is 5.50. The summed E-state index contributed by atoms with van der Waals surface area (Å²) in [5, 5.41) is 2.74. The standard InChI is InChI=1S/C14H18N2O3/c1-11-5-2-3-6-12(11)19-10-14(18)16-8-4-7-15-13(17)9-16/h2-3,5-6H,4,7-10H2,1H3,(H,15,17). The van der Waals surface area contributed by atoms with E-state index in [-0.39, 0.29) is 25.0 Å². The molecule has 0 saturated carbocycles. The summed E-state index contributed by atoms with van der Waals surface area (Å²) in [4.78, 5) is 24.9. The van der Waals surface area contributed by atoms with Crippen LogP contribution >= 0.6 is 0 Å². The first kappa shape index (κ1) is 13.4. The lowest BCUT2D eigenvalue weighted by atomic mass is 10.2. The van der Waals surface area contributed by atoms with Gasteiger partial charge in [0.1, 0.15) is 5.75 Å². The number of amides is 2. The summed E-state index contributed by atoms with van der Waals surface area (Å²) in [5.41, 5.74) is 0.990. The molecule has 1 fully saturated rings. The third-order valence-electron chi connectivity index (χ3n) is 3.06. The molecule has 2 amide bonds. The molecule has 0 aromatic heterocycles. The summed E-state index contributed by atoms with van der Waals surface area (Å²) in [6, 6.07) is 7.55. The van der Waals surface area contributed by atoms with Crippen LogP contribution in [0.4, 0.5) is 0 Å². The van der Waals surface area contributed by atoms with Gasteiger partial charge in [0.05, 0.1) is 6.54 Å². The Hall–Kier alpha value is -2.04. The lowest BCUT2D eigenvalue weighted by Gasteiger charge is -2.19. The summed E-state index contributed by atoms with van der Waals surface area (Å²) in [6.07, 6.45) is 0.780. The van der Waals surface area contributed by atoms with E-state index >= 15 is 0 Å². The fourth-order valence-corrected chi connectivity index (χ4v) is 1.97. The minimum Gasteiger partial charge on any atom is -0.484 e. The first-order chi connectivity index (χ1) is 9.16. The van der Waals surface area contributed by atoms with Crippen LogP contribution in [0.1, 0.15) is 12.0 Å². The van der Waals surface area contributed by atoms with Gasteiger partial charge >= 0.3 is 0 Å². The van der Waals surface area contributed by atoms with Gasteiger partial charge in [-0.15, -0.1) is 0 Å². The maximum absolute atomic E-state index is 12.0. The van der Waals surface area contributed by atoms with Crippen LogP contribution in [0.3, 0.4) is 0 Å². The summed E-state index contributed by atoms with van der Waals surface area (Å²) >= 11 is 0. The Morgan fingerprint density at radius 1 is 1.42 bits per heavy atom. The molecule has 1 N–H and O–H groups in total. The number of rotatable bonds is 3. The molecule has 1 heterocycles. The Bertz CT molecular complexity index is 474. The molecule has 102 valence electrons. The molecule has 0 aliphatic carbocycles. The molecular weight excluding hydrogens is 244 g/mol. The van der Waals surface area contributed by atoms with Gasteiger partial charge in [-0.05, 0) is 25.0 Å². The zero-order valence-corrected chi connectivity index (χ0v) is 11.0. The van der Waals surface area contributed by atoms with Crippen molar-refractivity contribution in [1.29, 1.82) is 0 Å². The van der Waals surface area contributed by atoms with Crippen molar-refractivity contribution in [2.75, 3.05) is 26.2 Å². The number of carbonyl (C=O) groups is 2. The molecule has 0 radical (unpaired) electrons. The topological polar surface area (TPSA) is 58.6 Å². The van der Waals surface area contributed by atoms with Gasteiger partial charge in [-0.2, -0.15) is 0 Å². The van der Waals surface area contributed by atoms with Crippen LogP contribution < -0.4 is 10.1 Å². The predicted octanol–water partition coefficient (Wildman–Crippen LogP) is 0.722. The van der Waals surface area contributed by atoms with Crippen molar-refractivity contribution in [1.82, 2.24) is 10.2 Å². The Kier molecular flexibility index (Phi) is 4.39. The smallest absolute Gasteiger partial charge is 0.260 e. The average Bonchev–Trinajstić information content (AvgIpc) is 2.62. The number of nitrogens with zero attached hydrogens (tertiary/aromatic N) is 1. The van der Waals surface area contributed by atoms with E-state index in [4.69, 9.17) is 4.74 Å². The van der Waals surface area contributed by atoms with Gasteiger partial charge in [-0.25, -0.2) is 0 Å². The van der Waals surface area contributed by atoms with E-state index in [0.717, 1.165) is 12.0 Å². The molecular formula is C14H18N2O3. The van der Waals surface area contributed by atoms with Crippen molar-refractivity contribution in [3.63, 3.8) is 0 Å². The fourth-order valence-electron chi connectivity index (χ4n) is 1.97. The molecule has 0 bridgehead atoms. The third-order valence-corrected chi connectivity index (χ3v) is 3.06. The zero-order valence-electron chi connectivity index (χ0n) is 11.0. The van der Waals surface area contributed by atoms with Gasteiger partial charge in [0, 0.05) is 13.1 Å². The minimum atomic E-state index is -0.152. The molecule has 1 saturated heterocycles. The summed E-state index contributed by atoms with van der Waals surface area (Å²) in [7, 11) is 0. The van der Waals surface area contributed by atoms with Gasteiger partial charge in [0.25, 0.3) is 5.91 Å².